The van der Waals surface area contributed by atoms with Gasteiger partial charge >= 0.3 is 5.97 Å². The van der Waals surface area contributed by atoms with Crippen LogP contribution in [-0.4, -0.2) is 38.2 Å². The van der Waals surface area contributed by atoms with Gasteiger partial charge in [-0.3, -0.25) is 9.69 Å². The number of carbonyl (C=O) groups excluding carboxylic acids is 2. The molecule has 6 heteroatoms. The predicted octanol–water partition coefficient (Wildman–Crippen LogP) is -0.0893. The number of benzene rings is 1. The molecule has 0 bridgehead atoms. The van der Waals surface area contributed by atoms with Crippen molar-refractivity contribution < 1.29 is 19.1 Å². The Morgan fingerprint density at radius 1 is 1.28 bits per heavy atom. The highest BCUT2D eigenvalue weighted by Gasteiger charge is 2.50. The quantitative estimate of drug-likeness (QED) is 0.599. The molecule has 0 aromatic heterocycles. The number of ether oxygens (including phenoxy) is 2. The summed E-state index contributed by atoms with van der Waals surface area (Å²) in [5, 5.41) is 0. The van der Waals surface area contributed by atoms with Crippen LogP contribution in [0.15, 0.2) is 24.3 Å². The van der Waals surface area contributed by atoms with Gasteiger partial charge in [0.1, 0.15) is 11.8 Å². The third kappa shape index (κ3) is 1.80. The summed E-state index contributed by atoms with van der Waals surface area (Å²) in [6, 6.07) is 5.22. The zero-order valence-corrected chi connectivity index (χ0v) is 10.1. The summed E-state index contributed by atoms with van der Waals surface area (Å²) in [7, 11) is 2.82. The molecule has 2 rings (SSSR count). The van der Waals surface area contributed by atoms with E-state index in [1.807, 2.05) is 0 Å². The van der Waals surface area contributed by atoms with Gasteiger partial charge in [-0.2, -0.15) is 0 Å². The number of hydrogen-bond acceptors (Lipinski definition) is 5. The van der Waals surface area contributed by atoms with Crippen LogP contribution in [0.5, 0.6) is 5.75 Å². The summed E-state index contributed by atoms with van der Waals surface area (Å²) >= 11 is 0. The van der Waals surface area contributed by atoms with Gasteiger partial charge in [-0.25, -0.2) is 4.79 Å². The van der Waals surface area contributed by atoms with Gasteiger partial charge in [0.15, 0.2) is 6.04 Å². The summed E-state index contributed by atoms with van der Waals surface area (Å²) in [4.78, 5) is 24.6. The van der Waals surface area contributed by atoms with Crippen molar-refractivity contribution in [1.29, 1.82) is 0 Å². The van der Waals surface area contributed by atoms with Gasteiger partial charge in [0.05, 0.1) is 14.2 Å². The second-order valence-electron chi connectivity index (χ2n) is 3.90. The van der Waals surface area contributed by atoms with Gasteiger partial charge in [0.2, 0.25) is 5.91 Å². The van der Waals surface area contributed by atoms with Crippen LogP contribution >= 0.6 is 0 Å². The van der Waals surface area contributed by atoms with E-state index in [1.165, 1.54) is 12.0 Å². The number of hydrogen-bond donors (Lipinski definition) is 1. The minimum absolute atomic E-state index is 0.296. The average molecular weight is 250 g/mol. The fraction of sp³-hybridized carbons (Fsp3) is 0.333. The fourth-order valence-corrected chi connectivity index (χ4v) is 1.91. The average Bonchev–Trinajstić information content (AvgIpc) is 2.43. The summed E-state index contributed by atoms with van der Waals surface area (Å²) in [6.45, 7) is 0. The van der Waals surface area contributed by atoms with Crippen LogP contribution in [0.4, 0.5) is 5.69 Å². The number of nitrogens with zero attached hydrogens (tertiary/aromatic N) is 1. The Bertz CT molecular complexity index is 471. The van der Waals surface area contributed by atoms with E-state index >= 15 is 0 Å². The topological polar surface area (TPSA) is 81.9 Å². The van der Waals surface area contributed by atoms with Gasteiger partial charge in [-0.1, -0.05) is 0 Å². The zero-order chi connectivity index (χ0) is 13.3. The molecular weight excluding hydrogens is 236 g/mol. The predicted molar refractivity (Wildman–Crippen MR) is 64.3 cm³/mol. The number of methoxy groups -OCH3 is 2. The first-order chi connectivity index (χ1) is 8.60. The van der Waals surface area contributed by atoms with Crippen LogP contribution < -0.4 is 15.4 Å². The molecule has 2 N–H and O–H groups in total. The van der Waals surface area contributed by atoms with Crippen molar-refractivity contribution in [3.63, 3.8) is 0 Å². The van der Waals surface area contributed by atoms with Crippen molar-refractivity contribution in [2.45, 2.75) is 12.1 Å². The number of β-lactam (4-membered cyclic amide) rings is 1. The molecule has 0 spiro atoms. The van der Waals surface area contributed by atoms with E-state index in [0.717, 1.165) is 0 Å². The van der Waals surface area contributed by atoms with E-state index in [4.69, 9.17) is 10.5 Å². The lowest BCUT2D eigenvalue weighted by molar-refractivity contribution is -0.149. The molecule has 1 aromatic rings. The number of amides is 1. The number of rotatable bonds is 3. The third-order valence-corrected chi connectivity index (χ3v) is 2.93. The summed E-state index contributed by atoms with van der Waals surface area (Å²) in [5.74, 6) is -0.140. The molecule has 18 heavy (non-hydrogen) atoms. The van der Waals surface area contributed by atoms with Crippen molar-refractivity contribution in [3.05, 3.63) is 24.3 Å². The van der Waals surface area contributed by atoms with Crippen LogP contribution in [-0.2, 0) is 14.3 Å². The number of esters is 1. The molecule has 96 valence electrons. The molecule has 0 saturated carbocycles. The Hall–Kier alpha value is -2.08. The molecule has 1 aromatic carbocycles. The maximum atomic E-state index is 11.7. The number of nitrogens with two attached hydrogens (primary N) is 1. The summed E-state index contributed by atoms with van der Waals surface area (Å²) in [5.41, 5.74) is 6.21. The van der Waals surface area contributed by atoms with Gasteiger partial charge in [0.25, 0.3) is 0 Å². The van der Waals surface area contributed by atoms with Crippen LogP contribution in [0, 0.1) is 0 Å². The van der Waals surface area contributed by atoms with Gasteiger partial charge in [-0.05, 0) is 24.3 Å². The lowest BCUT2D eigenvalue weighted by Gasteiger charge is -2.43. The largest absolute Gasteiger partial charge is 0.497 e. The van der Waals surface area contributed by atoms with Gasteiger partial charge in [0, 0.05) is 5.69 Å². The van der Waals surface area contributed by atoms with Crippen molar-refractivity contribution in [3.8, 4) is 5.75 Å². The first-order valence-electron chi connectivity index (χ1n) is 5.40. The molecule has 0 aliphatic carbocycles. The zero-order valence-electron chi connectivity index (χ0n) is 10.1. The Balaban J connectivity index is 2.25. The Kier molecular flexibility index (Phi) is 3.20. The molecule has 1 heterocycles. The van der Waals surface area contributed by atoms with Crippen molar-refractivity contribution >= 4 is 17.6 Å². The van der Waals surface area contributed by atoms with E-state index in [0.29, 0.717) is 11.4 Å². The molecule has 1 aliphatic rings. The SMILES string of the molecule is COC(=O)C1C(N)C(=O)N1c1ccc(OC)cc1. The highest BCUT2D eigenvalue weighted by Crippen LogP contribution is 2.29. The highest BCUT2D eigenvalue weighted by molar-refractivity contribution is 6.12. The second-order valence-corrected chi connectivity index (χ2v) is 3.90. The Labute approximate surface area is 104 Å². The van der Waals surface area contributed by atoms with Crippen LogP contribution in [0.25, 0.3) is 0 Å². The minimum atomic E-state index is -0.834. The van der Waals surface area contributed by atoms with Gasteiger partial charge < -0.3 is 15.2 Å². The van der Waals surface area contributed by atoms with E-state index in [1.54, 1.807) is 31.4 Å². The Morgan fingerprint density at radius 2 is 1.89 bits per heavy atom. The first kappa shape index (κ1) is 12.4. The molecule has 1 aliphatic heterocycles. The summed E-state index contributed by atoms with van der Waals surface area (Å²) in [6.07, 6.45) is 0. The van der Waals surface area contributed by atoms with Crippen molar-refractivity contribution in [2.24, 2.45) is 5.73 Å². The molecule has 1 fully saturated rings. The molecular formula is C12H14N2O4. The van der Waals surface area contributed by atoms with Crippen LogP contribution in [0.1, 0.15) is 0 Å². The van der Waals surface area contributed by atoms with Crippen LogP contribution in [0.2, 0.25) is 0 Å². The lowest BCUT2D eigenvalue weighted by Crippen LogP contribution is -2.72. The monoisotopic (exact) mass is 250 g/mol. The molecule has 2 unspecified atom stereocenters. The molecule has 1 saturated heterocycles. The number of anilines is 1. The normalized spacial score (nSPS) is 22.4. The standard InChI is InChI=1S/C12H14N2O4/c1-17-8-5-3-7(4-6-8)14-10(12(16)18-2)9(13)11(14)15/h3-6,9-10H,13H2,1-2H3. The molecule has 2 atom stereocenters. The van der Waals surface area contributed by atoms with E-state index < -0.39 is 18.1 Å². The van der Waals surface area contributed by atoms with E-state index in [9.17, 15) is 9.59 Å². The smallest absolute Gasteiger partial charge is 0.331 e. The Morgan fingerprint density at radius 3 is 2.39 bits per heavy atom. The molecule has 0 radical (unpaired) electrons. The van der Waals surface area contributed by atoms with E-state index in [2.05, 4.69) is 4.74 Å². The minimum Gasteiger partial charge on any atom is -0.497 e. The first-order valence-corrected chi connectivity index (χ1v) is 5.40. The van der Waals surface area contributed by atoms with Crippen LogP contribution in [0.3, 0.4) is 0 Å². The molecule has 6 nitrogen and oxygen atoms in total. The van der Waals surface area contributed by atoms with Gasteiger partial charge in [-0.15, -0.1) is 0 Å². The molecule has 1 amide bonds. The van der Waals surface area contributed by atoms with Crippen molar-refractivity contribution in [2.75, 3.05) is 19.1 Å². The summed E-state index contributed by atoms with van der Waals surface area (Å²) < 4.78 is 9.66. The third-order valence-electron chi connectivity index (χ3n) is 2.93. The van der Waals surface area contributed by atoms with E-state index in [-0.39, 0.29) is 5.91 Å². The lowest BCUT2D eigenvalue weighted by atomic mass is 9.95. The number of carbonyl (C=O) groups is 2. The maximum Gasteiger partial charge on any atom is 0.331 e. The fourth-order valence-electron chi connectivity index (χ4n) is 1.91. The maximum absolute atomic E-state index is 11.7. The second kappa shape index (κ2) is 4.66. The van der Waals surface area contributed by atoms with Crippen molar-refractivity contribution in [1.82, 2.24) is 0 Å². The highest BCUT2D eigenvalue weighted by atomic mass is 16.5.